The van der Waals surface area contributed by atoms with Crippen molar-refractivity contribution in [1.82, 2.24) is 36.0 Å². The Kier molecular flexibility index (Phi) is 16.4. The Balaban J connectivity index is 1.19. The summed E-state index contributed by atoms with van der Waals surface area (Å²) in [5, 5.41) is 13.6. The molecule has 4 N–H and O–H groups in total. The SMILES string of the molecule is CCNC(=O)[C@]1(Cc2ccccc2)CCCN(C(=O)[C@@H](Cc2ccc3ccccc3c2)NC(=O)N2CCN(C(=O)CCCCCNC(=O)C(CS)NC(C)=O)CC2)C1. The normalized spacial score (nSPS) is 17.9. The lowest BCUT2D eigenvalue weighted by Crippen LogP contribution is -2.60. The first-order chi connectivity index (χ1) is 28.0. The monoisotopic (exact) mass is 813 g/mol. The molecule has 3 atom stereocenters. The molecule has 7 amide bonds. The second-order valence-electron chi connectivity index (χ2n) is 15.5. The van der Waals surface area contributed by atoms with E-state index in [0.717, 1.165) is 28.3 Å². The number of rotatable bonds is 17. The minimum absolute atomic E-state index is 0.0189. The topological polar surface area (TPSA) is 160 Å². The molecule has 3 aromatic carbocycles. The molecule has 2 saturated heterocycles. The van der Waals surface area contributed by atoms with Crippen LogP contribution in [0.25, 0.3) is 10.8 Å². The number of nitrogens with zero attached hydrogens (tertiary/aromatic N) is 3. The van der Waals surface area contributed by atoms with Gasteiger partial charge in [-0.3, -0.25) is 24.0 Å². The third-order valence-electron chi connectivity index (χ3n) is 11.1. The standard InChI is InChI=1S/C44H59N7O6S/c1-3-45-42(56)44(29-33-13-6-4-7-14-33)20-12-22-51(31-44)41(55)37(28-34-18-19-35-15-9-10-16-36(35)27-34)48-43(57)50-25-23-49(24-26-50)39(53)17-8-5-11-21-46-40(54)38(30-58)47-32(2)52/h4,6-7,9-10,13-16,18-19,27,37-38,58H,3,5,8,11-12,17,20-26,28-31H2,1-2H3,(H,45,56)(H,46,54)(H,47,52)(H,48,57)/t37-,38?,44+/m1/s1. The average molecular weight is 814 g/mol. The summed E-state index contributed by atoms with van der Waals surface area (Å²) in [6, 6.07) is 22.1. The Morgan fingerprint density at radius 2 is 1.45 bits per heavy atom. The highest BCUT2D eigenvalue weighted by Gasteiger charge is 2.44. The number of piperazine rings is 1. The van der Waals surface area contributed by atoms with Gasteiger partial charge in [0.05, 0.1) is 5.41 Å². The summed E-state index contributed by atoms with van der Waals surface area (Å²) in [4.78, 5) is 84.0. The lowest BCUT2D eigenvalue weighted by molar-refractivity contribution is -0.143. The smallest absolute Gasteiger partial charge is 0.318 e. The van der Waals surface area contributed by atoms with Crippen molar-refractivity contribution in [3.8, 4) is 0 Å². The van der Waals surface area contributed by atoms with Gasteiger partial charge in [0.25, 0.3) is 0 Å². The molecule has 14 heteroatoms. The number of piperidine rings is 1. The van der Waals surface area contributed by atoms with Crippen LogP contribution >= 0.6 is 12.6 Å². The van der Waals surface area contributed by atoms with Gasteiger partial charge >= 0.3 is 6.03 Å². The van der Waals surface area contributed by atoms with Gasteiger partial charge in [0, 0.05) is 77.9 Å². The minimum Gasteiger partial charge on any atom is -0.356 e. The second kappa shape index (κ2) is 21.6. The van der Waals surface area contributed by atoms with Crippen LogP contribution in [-0.2, 0) is 36.8 Å². The third kappa shape index (κ3) is 12.2. The molecule has 0 aromatic heterocycles. The molecule has 1 unspecified atom stereocenters. The highest BCUT2D eigenvalue weighted by atomic mass is 32.1. The Labute approximate surface area is 347 Å². The Bertz CT molecular complexity index is 1890. The van der Waals surface area contributed by atoms with Crippen LogP contribution in [0.2, 0.25) is 0 Å². The number of unbranched alkanes of at least 4 members (excludes halogenated alkanes) is 2. The average Bonchev–Trinajstić information content (AvgIpc) is 3.23. The summed E-state index contributed by atoms with van der Waals surface area (Å²) in [6.45, 7) is 6.37. The largest absolute Gasteiger partial charge is 0.356 e. The Hall–Kier alpha value is -5.11. The Morgan fingerprint density at radius 1 is 0.741 bits per heavy atom. The van der Waals surface area contributed by atoms with Gasteiger partial charge in [0.2, 0.25) is 29.5 Å². The van der Waals surface area contributed by atoms with E-state index < -0.39 is 17.5 Å². The molecule has 0 radical (unpaired) electrons. The number of hydrogen-bond donors (Lipinski definition) is 5. The number of nitrogens with one attached hydrogen (secondary N) is 4. The van der Waals surface area contributed by atoms with Crippen LogP contribution in [0.15, 0.2) is 72.8 Å². The summed E-state index contributed by atoms with van der Waals surface area (Å²) in [5.74, 6) is -0.633. The van der Waals surface area contributed by atoms with E-state index in [9.17, 15) is 28.8 Å². The number of carbonyl (C=O) groups excluding carboxylic acids is 6. The summed E-state index contributed by atoms with van der Waals surface area (Å²) >= 11 is 4.13. The molecule has 0 spiro atoms. The molecule has 0 saturated carbocycles. The minimum atomic E-state index is -0.867. The molecule has 3 aromatic rings. The number of carbonyl (C=O) groups is 6. The third-order valence-corrected chi connectivity index (χ3v) is 11.5. The van der Waals surface area contributed by atoms with E-state index >= 15 is 0 Å². The second-order valence-corrected chi connectivity index (χ2v) is 15.8. The quantitative estimate of drug-likeness (QED) is 0.103. The van der Waals surface area contributed by atoms with E-state index in [2.05, 4.69) is 40.0 Å². The number of urea groups is 1. The first kappa shape index (κ1) is 44.0. The molecular weight excluding hydrogens is 755 g/mol. The van der Waals surface area contributed by atoms with E-state index in [0.29, 0.717) is 84.3 Å². The van der Waals surface area contributed by atoms with Gasteiger partial charge in [-0.1, -0.05) is 79.2 Å². The van der Waals surface area contributed by atoms with Crippen molar-refractivity contribution < 1.29 is 28.8 Å². The van der Waals surface area contributed by atoms with Crippen molar-refractivity contribution >= 4 is 59.0 Å². The molecule has 2 aliphatic rings. The predicted molar refractivity (Wildman–Crippen MR) is 228 cm³/mol. The first-order valence-corrected chi connectivity index (χ1v) is 21.2. The number of likely N-dealkylation sites (tertiary alicyclic amines) is 1. The van der Waals surface area contributed by atoms with Gasteiger partial charge < -0.3 is 36.0 Å². The fourth-order valence-corrected chi connectivity index (χ4v) is 8.25. The van der Waals surface area contributed by atoms with Crippen LogP contribution < -0.4 is 21.3 Å². The van der Waals surface area contributed by atoms with Gasteiger partial charge in [0.1, 0.15) is 12.1 Å². The first-order valence-electron chi connectivity index (χ1n) is 20.6. The summed E-state index contributed by atoms with van der Waals surface area (Å²) in [5.41, 5.74) is 1.15. The lowest BCUT2D eigenvalue weighted by atomic mass is 9.74. The zero-order valence-corrected chi connectivity index (χ0v) is 34.7. The fourth-order valence-electron chi connectivity index (χ4n) is 8.00. The highest BCUT2D eigenvalue weighted by Crippen LogP contribution is 2.35. The van der Waals surface area contributed by atoms with Crippen molar-refractivity contribution in [3.05, 3.63) is 83.9 Å². The summed E-state index contributed by atoms with van der Waals surface area (Å²) in [7, 11) is 0. The van der Waals surface area contributed by atoms with Crippen LogP contribution in [0.1, 0.15) is 63.5 Å². The number of fused-ring (bicyclic) bond motifs is 1. The highest BCUT2D eigenvalue weighted by molar-refractivity contribution is 7.80. The van der Waals surface area contributed by atoms with Crippen LogP contribution in [0, 0.1) is 5.41 Å². The number of hydrogen-bond acceptors (Lipinski definition) is 7. The summed E-state index contributed by atoms with van der Waals surface area (Å²) in [6.07, 6.45) is 4.58. The number of benzene rings is 3. The van der Waals surface area contributed by atoms with Crippen molar-refractivity contribution in [2.75, 3.05) is 58.1 Å². The van der Waals surface area contributed by atoms with E-state index in [1.54, 1.807) is 14.7 Å². The van der Waals surface area contributed by atoms with Crippen LogP contribution in [0.3, 0.4) is 0 Å². The summed E-state index contributed by atoms with van der Waals surface area (Å²) < 4.78 is 0. The van der Waals surface area contributed by atoms with E-state index in [1.807, 2.05) is 73.7 Å². The van der Waals surface area contributed by atoms with Gasteiger partial charge in [-0.25, -0.2) is 4.79 Å². The molecule has 58 heavy (non-hydrogen) atoms. The van der Waals surface area contributed by atoms with Crippen molar-refractivity contribution in [3.63, 3.8) is 0 Å². The van der Waals surface area contributed by atoms with Gasteiger partial charge in [-0.15, -0.1) is 0 Å². The van der Waals surface area contributed by atoms with Crippen LogP contribution in [0.4, 0.5) is 4.79 Å². The lowest BCUT2D eigenvalue weighted by Gasteiger charge is -2.43. The molecular formula is C44H59N7O6S. The van der Waals surface area contributed by atoms with Gasteiger partial charge in [0.15, 0.2) is 0 Å². The maximum Gasteiger partial charge on any atom is 0.318 e. The number of thiol groups is 1. The zero-order valence-electron chi connectivity index (χ0n) is 33.8. The van der Waals surface area contributed by atoms with E-state index in [-0.39, 0.29) is 54.3 Å². The van der Waals surface area contributed by atoms with Crippen molar-refractivity contribution in [2.24, 2.45) is 5.41 Å². The molecule has 2 fully saturated rings. The van der Waals surface area contributed by atoms with Crippen molar-refractivity contribution in [1.29, 1.82) is 0 Å². The van der Waals surface area contributed by atoms with Gasteiger partial charge in [-0.05, 0) is 60.9 Å². The molecule has 5 rings (SSSR count). The Morgan fingerprint density at radius 3 is 2.16 bits per heavy atom. The molecule has 13 nitrogen and oxygen atoms in total. The van der Waals surface area contributed by atoms with E-state index in [4.69, 9.17) is 0 Å². The molecule has 0 bridgehead atoms. The molecule has 312 valence electrons. The molecule has 2 heterocycles. The maximum atomic E-state index is 14.6. The molecule has 2 aliphatic heterocycles. The number of amides is 7. The molecule has 0 aliphatic carbocycles. The fraction of sp³-hybridized carbons (Fsp3) is 0.500. The predicted octanol–water partition coefficient (Wildman–Crippen LogP) is 3.70. The van der Waals surface area contributed by atoms with Gasteiger partial charge in [-0.2, -0.15) is 12.6 Å². The van der Waals surface area contributed by atoms with Crippen molar-refractivity contribution in [2.45, 2.75) is 77.3 Å². The maximum absolute atomic E-state index is 14.6. The van der Waals surface area contributed by atoms with E-state index in [1.165, 1.54) is 6.92 Å². The zero-order chi connectivity index (χ0) is 41.5. The van der Waals surface area contributed by atoms with Crippen LogP contribution in [-0.4, -0.2) is 120 Å². The van der Waals surface area contributed by atoms with Crippen LogP contribution in [0.5, 0.6) is 0 Å².